The second-order valence-corrected chi connectivity index (χ2v) is 7.00. The van der Waals surface area contributed by atoms with E-state index in [4.69, 9.17) is 15.2 Å². The molecule has 3 rings (SSSR count). The van der Waals surface area contributed by atoms with Crippen LogP contribution >= 0.6 is 0 Å². The third-order valence-corrected chi connectivity index (χ3v) is 5.20. The van der Waals surface area contributed by atoms with Crippen molar-refractivity contribution in [3.63, 3.8) is 0 Å². The van der Waals surface area contributed by atoms with Crippen LogP contribution < -0.4 is 5.73 Å². The van der Waals surface area contributed by atoms with Gasteiger partial charge in [0, 0.05) is 24.6 Å². The van der Waals surface area contributed by atoms with Crippen molar-refractivity contribution < 1.29 is 23.9 Å². The van der Waals surface area contributed by atoms with E-state index in [1.807, 2.05) is 30.3 Å². The van der Waals surface area contributed by atoms with Crippen molar-refractivity contribution in [1.82, 2.24) is 4.90 Å². The molecule has 0 aromatic heterocycles. The fourth-order valence-corrected chi connectivity index (χ4v) is 3.59. The number of rotatable bonds is 5. The lowest BCUT2D eigenvalue weighted by molar-refractivity contribution is -0.147. The van der Waals surface area contributed by atoms with Crippen LogP contribution in [0.3, 0.4) is 0 Å². The molecule has 2 N–H and O–H groups in total. The number of amides is 2. The molecule has 2 aromatic carbocycles. The van der Waals surface area contributed by atoms with Gasteiger partial charge in [-0.15, -0.1) is 0 Å². The topological polar surface area (TPSA) is 98.9 Å². The van der Waals surface area contributed by atoms with Gasteiger partial charge >= 0.3 is 12.1 Å². The molecule has 0 saturated carbocycles. The van der Waals surface area contributed by atoms with Crippen LogP contribution in [-0.4, -0.2) is 43.1 Å². The van der Waals surface area contributed by atoms with E-state index < -0.39 is 12.0 Å². The Hall–Kier alpha value is -3.35. The number of primary amides is 1. The molecule has 29 heavy (non-hydrogen) atoms. The van der Waals surface area contributed by atoms with Crippen LogP contribution in [0.5, 0.6) is 0 Å². The highest BCUT2D eigenvalue weighted by atomic mass is 16.6. The SMILES string of the molecule is COC(=O)C1CCN(C(=O)OCc2ccccc2)CC1c1ccc(C(N)=O)cc1. The van der Waals surface area contributed by atoms with Crippen LogP contribution in [0.25, 0.3) is 0 Å². The smallest absolute Gasteiger partial charge is 0.410 e. The van der Waals surface area contributed by atoms with Crippen molar-refractivity contribution in [2.24, 2.45) is 11.7 Å². The Balaban J connectivity index is 1.73. The van der Waals surface area contributed by atoms with Gasteiger partial charge in [0.15, 0.2) is 0 Å². The van der Waals surface area contributed by atoms with Crippen molar-refractivity contribution in [1.29, 1.82) is 0 Å². The summed E-state index contributed by atoms with van der Waals surface area (Å²) in [5, 5.41) is 0. The Morgan fingerprint density at radius 3 is 2.38 bits per heavy atom. The number of hydrogen-bond donors (Lipinski definition) is 1. The molecule has 1 fully saturated rings. The van der Waals surface area contributed by atoms with Gasteiger partial charge in [0.2, 0.25) is 5.91 Å². The maximum Gasteiger partial charge on any atom is 0.410 e. The summed E-state index contributed by atoms with van der Waals surface area (Å²) in [4.78, 5) is 37.8. The Bertz CT molecular complexity index is 867. The third-order valence-electron chi connectivity index (χ3n) is 5.20. The van der Waals surface area contributed by atoms with Gasteiger partial charge in [0.25, 0.3) is 0 Å². The molecule has 0 bridgehead atoms. The fourth-order valence-electron chi connectivity index (χ4n) is 3.59. The Morgan fingerprint density at radius 1 is 1.07 bits per heavy atom. The number of hydrogen-bond acceptors (Lipinski definition) is 5. The summed E-state index contributed by atoms with van der Waals surface area (Å²) in [6, 6.07) is 16.2. The number of piperidine rings is 1. The van der Waals surface area contributed by atoms with Gasteiger partial charge in [-0.3, -0.25) is 9.59 Å². The molecule has 152 valence electrons. The molecule has 7 nitrogen and oxygen atoms in total. The van der Waals surface area contributed by atoms with E-state index in [9.17, 15) is 14.4 Å². The van der Waals surface area contributed by atoms with Gasteiger partial charge in [-0.2, -0.15) is 0 Å². The second-order valence-electron chi connectivity index (χ2n) is 7.00. The van der Waals surface area contributed by atoms with E-state index in [1.165, 1.54) is 7.11 Å². The van der Waals surface area contributed by atoms with Crippen LogP contribution in [0.1, 0.15) is 33.8 Å². The van der Waals surface area contributed by atoms with Crippen LogP contribution in [0.15, 0.2) is 54.6 Å². The summed E-state index contributed by atoms with van der Waals surface area (Å²) in [5.41, 5.74) is 7.43. The van der Waals surface area contributed by atoms with Crippen molar-refractivity contribution in [3.05, 3.63) is 71.3 Å². The van der Waals surface area contributed by atoms with Gasteiger partial charge in [0.1, 0.15) is 6.61 Å². The molecule has 7 heteroatoms. The molecule has 2 amide bonds. The van der Waals surface area contributed by atoms with E-state index in [1.54, 1.807) is 29.2 Å². The predicted octanol–water partition coefficient (Wildman–Crippen LogP) is 2.70. The molecule has 2 atom stereocenters. The van der Waals surface area contributed by atoms with Crippen molar-refractivity contribution in [3.8, 4) is 0 Å². The van der Waals surface area contributed by atoms with Gasteiger partial charge in [-0.05, 0) is 29.7 Å². The zero-order valence-electron chi connectivity index (χ0n) is 16.2. The standard InChI is InChI=1S/C22H24N2O5/c1-28-21(26)18-11-12-24(22(27)29-14-15-5-3-2-4-6-15)13-19(18)16-7-9-17(10-8-16)20(23)25/h2-10,18-19H,11-14H2,1H3,(H2,23,25). The first kappa shape index (κ1) is 20.4. The fraction of sp³-hybridized carbons (Fsp3) is 0.318. The maximum absolute atomic E-state index is 12.6. The summed E-state index contributed by atoms with van der Waals surface area (Å²) in [5.74, 6) is -1.47. The normalized spacial score (nSPS) is 18.7. The number of carbonyl (C=O) groups is 3. The average Bonchev–Trinajstić information content (AvgIpc) is 2.77. The highest BCUT2D eigenvalue weighted by molar-refractivity contribution is 5.92. The van der Waals surface area contributed by atoms with Crippen LogP contribution in [0.2, 0.25) is 0 Å². The molecular formula is C22H24N2O5. The van der Waals surface area contributed by atoms with E-state index >= 15 is 0 Å². The molecule has 1 aliphatic heterocycles. The lowest BCUT2D eigenvalue weighted by Crippen LogP contribution is -2.45. The minimum absolute atomic E-state index is 0.189. The third kappa shape index (κ3) is 4.93. The first-order valence-corrected chi connectivity index (χ1v) is 9.43. The summed E-state index contributed by atoms with van der Waals surface area (Å²) in [6.45, 7) is 0.918. The number of likely N-dealkylation sites (tertiary alicyclic amines) is 1. The summed E-state index contributed by atoms with van der Waals surface area (Å²) >= 11 is 0. The summed E-state index contributed by atoms with van der Waals surface area (Å²) < 4.78 is 10.4. The lowest BCUT2D eigenvalue weighted by atomic mass is 9.80. The van der Waals surface area contributed by atoms with Crippen molar-refractivity contribution in [2.45, 2.75) is 18.9 Å². The molecular weight excluding hydrogens is 372 g/mol. The number of nitrogens with zero attached hydrogens (tertiary/aromatic N) is 1. The Kier molecular flexibility index (Phi) is 6.49. The minimum atomic E-state index is -0.518. The van der Waals surface area contributed by atoms with E-state index in [0.717, 1.165) is 11.1 Å². The highest BCUT2D eigenvalue weighted by Gasteiger charge is 2.37. The predicted molar refractivity (Wildman–Crippen MR) is 106 cm³/mol. The average molecular weight is 396 g/mol. The van der Waals surface area contributed by atoms with E-state index in [-0.39, 0.29) is 24.4 Å². The zero-order valence-corrected chi connectivity index (χ0v) is 16.2. The first-order valence-electron chi connectivity index (χ1n) is 9.43. The minimum Gasteiger partial charge on any atom is -0.469 e. The first-order chi connectivity index (χ1) is 14.0. The molecule has 2 aromatic rings. The zero-order chi connectivity index (χ0) is 20.8. The van der Waals surface area contributed by atoms with Crippen LogP contribution in [0.4, 0.5) is 4.79 Å². The quantitative estimate of drug-likeness (QED) is 0.784. The van der Waals surface area contributed by atoms with Crippen molar-refractivity contribution in [2.75, 3.05) is 20.2 Å². The molecule has 1 aliphatic rings. The van der Waals surface area contributed by atoms with Crippen LogP contribution in [-0.2, 0) is 20.9 Å². The monoisotopic (exact) mass is 396 g/mol. The number of carbonyl (C=O) groups excluding carboxylic acids is 3. The maximum atomic E-state index is 12.6. The van der Waals surface area contributed by atoms with Gasteiger partial charge in [0.05, 0.1) is 13.0 Å². The highest BCUT2D eigenvalue weighted by Crippen LogP contribution is 2.34. The summed E-state index contributed by atoms with van der Waals surface area (Å²) in [7, 11) is 1.36. The van der Waals surface area contributed by atoms with Crippen LogP contribution in [0, 0.1) is 5.92 Å². The number of methoxy groups -OCH3 is 1. The number of nitrogens with two attached hydrogens (primary N) is 1. The summed E-state index contributed by atoms with van der Waals surface area (Å²) in [6.07, 6.45) is 0.0472. The number of ether oxygens (including phenoxy) is 2. The molecule has 1 heterocycles. The number of benzene rings is 2. The lowest BCUT2D eigenvalue weighted by Gasteiger charge is -2.37. The number of esters is 1. The molecule has 0 spiro atoms. The molecule has 1 saturated heterocycles. The molecule has 0 radical (unpaired) electrons. The van der Waals surface area contributed by atoms with Gasteiger partial charge < -0.3 is 20.1 Å². The van der Waals surface area contributed by atoms with E-state index in [0.29, 0.717) is 25.1 Å². The largest absolute Gasteiger partial charge is 0.469 e. The van der Waals surface area contributed by atoms with E-state index in [2.05, 4.69) is 0 Å². The Morgan fingerprint density at radius 2 is 1.76 bits per heavy atom. The molecule has 2 unspecified atom stereocenters. The second kappa shape index (κ2) is 9.23. The molecule has 0 aliphatic carbocycles. The van der Waals surface area contributed by atoms with Crippen molar-refractivity contribution >= 4 is 18.0 Å². The Labute approximate surface area is 169 Å². The van der Waals surface area contributed by atoms with Gasteiger partial charge in [-0.1, -0.05) is 42.5 Å². The van der Waals surface area contributed by atoms with Gasteiger partial charge in [-0.25, -0.2) is 4.79 Å².